The van der Waals surface area contributed by atoms with E-state index in [9.17, 15) is 4.39 Å². The van der Waals surface area contributed by atoms with E-state index in [4.69, 9.17) is 0 Å². The van der Waals surface area contributed by atoms with Crippen LogP contribution in [0.1, 0.15) is 11.4 Å². The second kappa shape index (κ2) is 8.79. The zero-order valence-electron chi connectivity index (χ0n) is 14.1. The van der Waals surface area contributed by atoms with Crippen LogP contribution in [0.5, 0.6) is 0 Å². The van der Waals surface area contributed by atoms with Crippen molar-refractivity contribution in [1.82, 2.24) is 30.4 Å². The number of aryl methyl sites for hydroxylation is 1. The van der Waals surface area contributed by atoms with Crippen LogP contribution in [0.15, 0.2) is 35.7 Å². The van der Waals surface area contributed by atoms with Crippen molar-refractivity contribution in [1.29, 1.82) is 0 Å². The molecule has 1 aromatic carbocycles. The highest BCUT2D eigenvalue weighted by Crippen LogP contribution is 2.19. The first-order valence-corrected chi connectivity index (χ1v) is 7.70. The van der Waals surface area contributed by atoms with Gasteiger partial charge in [0.1, 0.15) is 12.1 Å². The number of benzene rings is 1. The van der Waals surface area contributed by atoms with E-state index in [0.29, 0.717) is 19.0 Å². The number of nitrogens with one attached hydrogen (secondary N) is 3. The Hall–Kier alpha value is -2.17. The van der Waals surface area contributed by atoms with Crippen molar-refractivity contribution in [3.05, 3.63) is 47.9 Å². The van der Waals surface area contributed by atoms with E-state index in [2.05, 4.69) is 30.8 Å². The lowest BCUT2D eigenvalue weighted by Crippen LogP contribution is -2.38. The summed E-state index contributed by atoms with van der Waals surface area (Å²) in [4.78, 5) is 7.29. The van der Waals surface area contributed by atoms with Crippen LogP contribution in [0.25, 0.3) is 10.9 Å². The number of H-pyrrole nitrogens is 1. The minimum absolute atomic E-state index is 0. The van der Waals surface area contributed by atoms with Crippen molar-refractivity contribution in [2.45, 2.75) is 13.0 Å². The summed E-state index contributed by atoms with van der Waals surface area (Å²) in [6.07, 6.45) is 4.38. The van der Waals surface area contributed by atoms with Gasteiger partial charge in [-0.2, -0.15) is 0 Å². The van der Waals surface area contributed by atoms with Gasteiger partial charge < -0.3 is 20.2 Å². The molecule has 2 aromatic heterocycles. The molecule has 0 bridgehead atoms. The van der Waals surface area contributed by atoms with Crippen LogP contribution in [-0.2, 0) is 20.0 Å². The molecule has 3 aromatic rings. The SMILES string of the molecule is CN=C(NCCc1c[nH]c2cc(F)ccc12)NCc1nncn1C.I. The van der Waals surface area contributed by atoms with Crippen molar-refractivity contribution in [3.8, 4) is 0 Å². The molecule has 0 saturated carbocycles. The van der Waals surface area contributed by atoms with Gasteiger partial charge in [0.15, 0.2) is 11.8 Å². The summed E-state index contributed by atoms with van der Waals surface area (Å²) in [5, 5.41) is 15.4. The first-order chi connectivity index (χ1) is 11.7. The standard InChI is InChI=1S/C16H20FN7.HI/c1-18-16(21-9-15-23-22-10-24(15)2)19-6-5-11-8-20-14-7-12(17)3-4-13(11)14;/h3-4,7-8,10,20H,5-6,9H2,1-2H3,(H2,18,19,21);1H. The van der Waals surface area contributed by atoms with E-state index < -0.39 is 0 Å². The predicted octanol–water partition coefficient (Wildman–Crippen LogP) is 1.96. The molecule has 0 aliphatic heterocycles. The molecule has 3 N–H and O–H groups in total. The summed E-state index contributed by atoms with van der Waals surface area (Å²) < 4.78 is 15.1. The molecule has 25 heavy (non-hydrogen) atoms. The van der Waals surface area contributed by atoms with Crippen LogP contribution in [-0.4, -0.2) is 39.3 Å². The fourth-order valence-electron chi connectivity index (χ4n) is 2.53. The summed E-state index contributed by atoms with van der Waals surface area (Å²) in [7, 11) is 3.62. The second-order valence-corrected chi connectivity index (χ2v) is 5.46. The third-order valence-corrected chi connectivity index (χ3v) is 3.86. The van der Waals surface area contributed by atoms with Crippen LogP contribution >= 0.6 is 24.0 Å². The molecular weight excluding hydrogens is 436 g/mol. The average Bonchev–Trinajstić information content (AvgIpc) is 3.16. The molecule has 3 rings (SSSR count). The highest BCUT2D eigenvalue weighted by molar-refractivity contribution is 14.0. The Morgan fingerprint density at radius 1 is 1.36 bits per heavy atom. The number of rotatable bonds is 5. The zero-order valence-corrected chi connectivity index (χ0v) is 16.4. The van der Waals surface area contributed by atoms with E-state index >= 15 is 0 Å². The number of aromatic nitrogens is 4. The minimum Gasteiger partial charge on any atom is -0.361 e. The first kappa shape index (κ1) is 19.2. The Balaban J connectivity index is 0.00000225. The lowest BCUT2D eigenvalue weighted by molar-refractivity contribution is 0.629. The first-order valence-electron chi connectivity index (χ1n) is 7.70. The van der Waals surface area contributed by atoms with Crippen LogP contribution in [0.2, 0.25) is 0 Å². The highest BCUT2D eigenvalue weighted by atomic mass is 127. The summed E-state index contributed by atoms with van der Waals surface area (Å²) in [5.74, 6) is 1.29. The molecule has 0 fully saturated rings. The monoisotopic (exact) mass is 457 g/mol. The summed E-state index contributed by atoms with van der Waals surface area (Å²) >= 11 is 0. The average molecular weight is 457 g/mol. The number of halogens is 2. The molecule has 0 aliphatic rings. The fraction of sp³-hybridized carbons (Fsp3) is 0.312. The van der Waals surface area contributed by atoms with Gasteiger partial charge in [0.05, 0.1) is 6.54 Å². The molecule has 9 heteroatoms. The third kappa shape index (κ3) is 4.68. The Morgan fingerprint density at radius 2 is 2.20 bits per heavy atom. The second-order valence-electron chi connectivity index (χ2n) is 5.46. The van der Waals surface area contributed by atoms with Gasteiger partial charge in [-0.1, -0.05) is 0 Å². The lowest BCUT2D eigenvalue weighted by Gasteiger charge is -2.11. The Labute approximate surface area is 162 Å². The highest BCUT2D eigenvalue weighted by Gasteiger charge is 2.06. The van der Waals surface area contributed by atoms with E-state index in [0.717, 1.165) is 28.7 Å². The van der Waals surface area contributed by atoms with Crippen LogP contribution < -0.4 is 10.6 Å². The van der Waals surface area contributed by atoms with E-state index in [-0.39, 0.29) is 29.8 Å². The van der Waals surface area contributed by atoms with Crippen molar-refractivity contribution in [2.75, 3.05) is 13.6 Å². The number of hydrogen-bond donors (Lipinski definition) is 3. The Kier molecular flexibility index (Phi) is 6.73. The molecule has 2 heterocycles. The molecule has 0 saturated heterocycles. The zero-order chi connectivity index (χ0) is 16.9. The molecule has 0 spiro atoms. The topological polar surface area (TPSA) is 82.9 Å². The molecule has 7 nitrogen and oxygen atoms in total. The number of guanidine groups is 1. The fourth-order valence-corrected chi connectivity index (χ4v) is 2.53. The van der Waals surface area contributed by atoms with Crippen molar-refractivity contribution >= 4 is 40.8 Å². The third-order valence-electron chi connectivity index (χ3n) is 3.86. The number of nitrogens with zero attached hydrogens (tertiary/aromatic N) is 4. The van der Waals surface area contributed by atoms with Crippen LogP contribution in [0.4, 0.5) is 4.39 Å². The van der Waals surface area contributed by atoms with E-state index in [1.54, 1.807) is 19.4 Å². The maximum absolute atomic E-state index is 13.2. The van der Waals surface area contributed by atoms with Gasteiger partial charge >= 0.3 is 0 Å². The normalized spacial score (nSPS) is 11.4. The maximum Gasteiger partial charge on any atom is 0.191 e. The molecule has 0 aliphatic carbocycles. The minimum atomic E-state index is -0.234. The number of aliphatic imine (C=N–C) groups is 1. The number of hydrogen-bond acceptors (Lipinski definition) is 3. The Bertz CT molecular complexity index is 855. The van der Waals surface area contributed by atoms with Gasteiger partial charge in [0, 0.05) is 37.7 Å². The van der Waals surface area contributed by atoms with E-state index in [1.165, 1.54) is 12.1 Å². The van der Waals surface area contributed by atoms with Gasteiger partial charge in [-0.05, 0) is 30.2 Å². The molecule has 134 valence electrons. The largest absolute Gasteiger partial charge is 0.361 e. The smallest absolute Gasteiger partial charge is 0.191 e. The molecular formula is C16H21FIN7. The van der Waals surface area contributed by atoms with Gasteiger partial charge in [-0.25, -0.2) is 4.39 Å². The molecule has 0 amide bonds. The lowest BCUT2D eigenvalue weighted by atomic mass is 10.1. The van der Waals surface area contributed by atoms with Crippen LogP contribution in [0.3, 0.4) is 0 Å². The van der Waals surface area contributed by atoms with Gasteiger partial charge in [0.2, 0.25) is 0 Å². The van der Waals surface area contributed by atoms with Gasteiger partial charge in [-0.3, -0.25) is 4.99 Å². The Morgan fingerprint density at radius 3 is 2.92 bits per heavy atom. The van der Waals surface area contributed by atoms with Crippen molar-refractivity contribution in [3.63, 3.8) is 0 Å². The number of fused-ring (bicyclic) bond motifs is 1. The molecule has 0 atom stereocenters. The van der Waals surface area contributed by atoms with Gasteiger partial charge in [0.25, 0.3) is 0 Å². The molecule has 0 radical (unpaired) electrons. The summed E-state index contributed by atoms with van der Waals surface area (Å²) in [6, 6.07) is 4.79. The maximum atomic E-state index is 13.2. The van der Waals surface area contributed by atoms with Gasteiger partial charge in [-0.15, -0.1) is 34.2 Å². The summed E-state index contributed by atoms with van der Waals surface area (Å²) in [5.41, 5.74) is 1.95. The van der Waals surface area contributed by atoms with Crippen molar-refractivity contribution in [2.24, 2.45) is 12.0 Å². The van der Waals surface area contributed by atoms with E-state index in [1.807, 2.05) is 17.8 Å². The van der Waals surface area contributed by atoms with Crippen LogP contribution in [0, 0.1) is 5.82 Å². The predicted molar refractivity (Wildman–Crippen MR) is 107 cm³/mol. The molecule has 0 unspecified atom stereocenters. The quantitative estimate of drug-likeness (QED) is 0.311. The van der Waals surface area contributed by atoms with Crippen molar-refractivity contribution < 1.29 is 4.39 Å². The number of aromatic amines is 1. The summed E-state index contributed by atoms with van der Waals surface area (Å²) in [6.45, 7) is 1.26.